The number of amides is 4. The van der Waals surface area contributed by atoms with E-state index in [1.54, 1.807) is 31.2 Å². The Morgan fingerprint density at radius 3 is 2.39 bits per heavy atom. The third-order valence-corrected chi connectivity index (χ3v) is 5.00. The number of halogens is 2. The van der Waals surface area contributed by atoms with E-state index >= 15 is 0 Å². The van der Waals surface area contributed by atoms with Gasteiger partial charge in [-0.1, -0.05) is 42.8 Å². The molecule has 1 fully saturated rings. The molecule has 1 unspecified atom stereocenters. The van der Waals surface area contributed by atoms with Gasteiger partial charge in [-0.25, -0.2) is 9.18 Å². The molecule has 0 bridgehead atoms. The number of hydrogen-bond acceptors (Lipinski definition) is 3. The quantitative estimate of drug-likeness (QED) is 0.728. The first-order valence-corrected chi connectivity index (χ1v) is 9.15. The van der Waals surface area contributed by atoms with Gasteiger partial charge in [0, 0.05) is 11.6 Å². The maximum atomic E-state index is 13.2. The fourth-order valence-electron chi connectivity index (χ4n) is 3.15. The standard InChI is InChI=1S/C20H19ClFN3O3/c1-2-20(14-5-9-16(22)10-6-14)18(27)25(19(28)24-20)12-17(26)23-11-13-3-7-15(21)8-4-13/h3-10H,2,11-12H2,1H3,(H,23,26)(H,24,28). The summed E-state index contributed by atoms with van der Waals surface area (Å²) in [4.78, 5) is 38.5. The minimum Gasteiger partial charge on any atom is -0.350 e. The van der Waals surface area contributed by atoms with Crippen molar-refractivity contribution in [2.24, 2.45) is 0 Å². The average Bonchev–Trinajstić information content (AvgIpc) is 2.93. The van der Waals surface area contributed by atoms with Crippen molar-refractivity contribution in [3.05, 3.63) is 70.5 Å². The van der Waals surface area contributed by atoms with Crippen LogP contribution in [0.25, 0.3) is 0 Å². The van der Waals surface area contributed by atoms with Crippen molar-refractivity contribution in [3.63, 3.8) is 0 Å². The minimum atomic E-state index is -1.30. The number of urea groups is 1. The SMILES string of the molecule is CCC1(c2ccc(F)cc2)NC(=O)N(CC(=O)NCc2ccc(Cl)cc2)C1=O. The van der Waals surface area contributed by atoms with Gasteiger partial charge in [0.1, 0.15) is 17.9 Å². The Kier molecular flexibility index (Phi) is 5.65. The molecule has 1 saturated heterocycles. The average molecular weight is 404 g/mol. The van der Waals surface area contributed by atoms with E-state index in [9.17, 15) is 18.8 Å². The number of rotatable bonds is 6. The molecule has 6 nitrogen and oxygen atoms in total. The Morgan fingerprint density at radius 2 is 1.79 bits per heavy atom. The predicted molar refractivity (Wildman–Crippen MR) is 102 cm³/mol. The summed E-state index contributed by atoms with van der Waals surface area (Å²) < 4.78 is 13.2. The molecule has 28 heavy (non-hydrogen) atoms. The van der Waals surface area contributed by atoms with Crippen LogP contribution in [0.15, 0.2) is 48.5 Å². The van der Waals surface area contributed by atoms with Gasteiger partial charge in [-0.15, -0.1) is 0 Å². The third-order valence-electron chi connectivity index (χ3n) is 4.75. The highest BCUT2D eigenvalue weighted by molar-refractivity contribution is 6.30. The van der Waals surface area contributed by atoms with E-state index in [2.05, 4.69) is 10.6 Å². The van der Waals surface area contributed by atoms with Gasteiger partial charge in [-0.3, -0.25) is 14.5 Å². The van der Waals surface area contributed by atoms with Gasteiger partial charge in [0.15, 0.2) is 0 Å². The molecule has 146 valence electrons. The zero-order valence-electron chi connectivity index (χ0n) is 15.2. The van der Waals surface area contributed by atoms with Crippen LogP contribution in [0.2, 0.25) is 5.02 Å². The molecule has 0 saturated carbocycles. The van der Waals surface area contributed by atoms with Gasteiger partial charge in [-0.2, -0.15) is 0 Å². The Balaban J connectivity index is 1.69. The van der Waals surface area contributed by atoms with Crippen molar-refractivity contribution < 1.29 is 18.8 Å². The van der Waals surface area contributed by atoms with Crippen LogP contribution in [-0.4, -0.2) is 29.3 Å². The molecule has 2 aromatic carbocycles. The molecule has 2 aromatic rings. The lowest BCUT2D eigenvalue weighted by atomic mass is 9.87. The maximum Gasteiger partial charge on any atom is 0.325 e. The summed E-state index contributed by atoms with van der Waals surface area (Å²) in [5.41, 5.74) is 0.00400. The van der Waals surface area contributed by atoms with Crippen LogP contribution in [0.4, 0.5) is 9.18 Å². The lowest BCUT2D eigenvalue weighted by molar-refractivity contribution is -0.135. The first-order chi connectivity index (χ1) is 13.4. The molecule has 0 aromatic heterocycles. The summed E-state index contributed by atoms with van der Waals surface area (Å²) in [5.74, 6) is -1.44. The molecule has 8 heteroatoms. The van der Waals surface area contributed by atoms with Crippen LogP contribution in [0.3, 0.4) is 0 Å². The van der Waals surface area contributed by atoms with E-state index in [4.69, 9.17) is 11.6 Å². The van der Waals surface area contributed by atoms with Crippen molar-refractivity contribution in [3.8, 4) is 0 Å². The molecular formula is C20H19ClFN3O3. The highest BCUT2D eigenvalue weighted by Crippen LogP contribution is 2.32. The van der Waals surface area contributed by atoms with Gasteiger partial charge in [0.25, 0.3) is 5.91 Å². The molecule has 1 aliphatic rings. The number of carbonyl (C=O) groups is 3. The Labute approximate surface area is 166 Å². The summed E-state index contributed by atoms with van der Waals surface area (Å²) in [6.07, 6.45) is 0.270. The van der Waals surface area contributed by atoms with Crippen LogP contribution in [-0.2, 0) is 21.7 Å². The second kappa shape index (κ2) is 7.98. The first kappa shape index (κ1) is 19.8. The maximum absolute atomic E-state index is 13.2. The van der Waals surface area contributed by atoms with Crippen molar-refractivity contribution in [1.29, 1.82) is 0 Å². The van der Waals surface area contributed by atoms with Crippen LogP contribution in [0.5, 0.6) is 0 Å². The predicted octanol–water partition coefficient (Wildman–Crippen LogP) is 2.95. The van der Waals surface area contributed by atoms with E-state index in [0.717, 1.165) is 10.5 Å². The summed E-state index contributed by atoms with van der Waals surface area (Å²) >= 11 is 5.82. The van der Waals surface area contributed by atoms with Gasteiger partial charge < -0.3 is 10.6 Å². The van der Waals surface area contributed by atoms with Crippen molar-refractivity contribution >= 4 is 29.4 Å². The highest BCUT2D eigenvalue weighted by atomic mass is 35.5. The molecule has 2 N–H and O–H groups in total. The number of imide groups is 1. The van der Waals surface area contributed by atoms with Gasteiger partial charge in [-0.05, 0) is 41.8 Å². The minimum absolute atomic E-state index is 0.247. The lowest BCUT2D eigenvalue weighted by Gasteiger charge is -2.25. The van der Waals surface area contributed by atoms with E-state index in [-0.39, 0.29) is 13.0 Å². The molecule has 4 amide bonds. The molecule has 1 aliphatic heterocycles. The van der Waals surface area contributed by atoms with Gasteiger partial charge in [0.2, 0.25) is 5.91 Å². The fraction of sp³-hybridized carbons (Fsp3) is 0.250. The van der Waals surface area contributed by atoms with Gasteiger partial charge in [0.05, 0.1) is 0 Å². The molecule has 0 spiro atoms. The van der Waals surface area contributed by atoms with E-state index in [1.807, 2.05) is 0 Å². The Morgan fingerprint density at radius 1 is 1.14 bits per heavy atom. The topological polar surface area (TPSA) is 78.5 Å². The summed E-state index contributed by atoms with van der Waals surface area (Å²) in [7, 11) is 0. The molecular weight excluding hydrogens is 385 g/mol. The molecule has 0 aliphatic carbocycles. The van der Waals surface area contributed by atoms with Crippen LogP contribution >= 0.6 is 11.6 Å². The number of benzene rings is 2. The lowest BCUT2D eigenvalue weighted by Crippen LogP contribution is -2.44. The number of nitrogens with zero attached hydrogens (tertiary/aromatic N) is 1. The highest BCUT2D eigenvalue weighted by Gasteiger charge is 2.51. The smallest absolute Gasteiger partial charge is 0.325 e. The van der Waals surface area contributed by atoms with E-state index < -0.39 is 35.7 Å². The molecule has 0 radical (unpaired) electrons. The zero-order valence-corrected chi connectivity index (χ0v) is 15.9. The van der Waals surface area contributed by atoms with Crippen molar-refractivity contribution in [2.45, 2.75) is 25.4 Å². The molecule has 1 atom stereocenters. The normalized spacial score (nSPS) is 18.9. The Hall–Kier alpha value is -2.93. The Bertz CT molecular complexity index is 902. The number of hydrogen-bond donors (Lipinski definition) is 2. The fourth-order valence-corrected chi connectivity index (χ4v) is 3.27. The van der Waals surface area contributed by atoms with Crippen molar-refractivity contribution in [1.82, 2.24) is 15.5 Å². The second-order valence-electron chi connectivity index (χ2n) is 6.49. The molecule has 1 heterocycles. The second-order valence-corrected chi connectivity index (χ2v) is 6.93. The monoisotopic (exact) mass is 403 g/mol. The van der Waals surface area contributed by atoms with Crippen molar-refractivity contribution in [2.75, 3.05) is 6.54 Å². The van der Waals surface area contributed by atoms with Crippen LogP contribution in [0, 0.1) is 5.82 Å². The van der Waals surface area contributed by atoms with Crippen LogP contribution in [0.1, 0.15) is 24.5 Å². The molecule has 3 rings (SSSR count). The summed E-state index contributed by atoms with van der Waals surface area (Å²) in [6, 6.07) is 11.7. The van der Waals surface area contributed by atoms with Gasteiger partial charge >= 0.3 is 6.03 Å². The van der Waals surface area contributed by atoms with E-state index in [0.29, 0.717) is 10.6 Å². The number of carbonyl (C=O) groups excluding carboxylic acids is 3. The third kappa shape index (κ3) is 3.84. The largest absolute Gasteiger partial charge is 0.350 e. The first-order valence-electron chi connectivity index (χ1n) is 8.77. The summed E-state index contributed by atoms with van der Waals surface area (Å²) in [6.45, 7) is 1.59. The summed E-state index contributed by atoms with van der Waals surface area (Å²) in [5, 5.41) is 5.92. The number of nitrogens with one attached hydrogen (secondary N) is 2. The zero-order chi connectivity index (χ0) is 20.3. The van der Waals surface area contributed by atoms with Crippen LogP contribution < -0.4 is 10.6 Å². The van der Waals surface area contributed by atoms with E-state index in [1.165, 1.54) is 24.3 Å².